The third kappa shape index (κ3) is 4.12. The Morgan fingerprint density at radius 1 is 1.20 bits per heavy atom. The molecule has 0 spiro atoms. The van der Waals surface area contributed by atoms with Gasteiger partial charge < -0.3 is 5.32 Å². The van der Waals surface area contributed by atoms with E-state index < -0.39 is 0 Å². The highest BCUT2D eigenvalue weighted by Crippen LogP contribution is 2.24. The predicted molar refractivity (Wildman–Crippen MR) is 67.3 cm³/mol. The summed E-state index contributed by atoms with van der Waals surface area (Å²) < 4.78 is 0. The van der Waals surface area contributed by atoms with Crippen LogP contribution < -0.4 is 5.32 Å². The molecule has 1 saturated carbocycles. The molecule has 0 aromatic heterocycles. The maximum atomic E-state index is 3.57. The highest BCUT2D eigenvalue weighted by atomic mass is 15.2. The number of nitrogens with zero attached hydrogens (tertiary/aromatic N) is 1. The molecule has 1 aliphatic carbocycles. The second-order valence-electron chi connectivity index (χ2n) is 5.42. The van der Waals surface area contributed by atoms with Crippen LogP contribution in [0.2, 0.25) is 0 Å². The molecule has 0 aromatic rings. The summed E-state index contributed by atoms with van der Waals surface area (Å²) in [6.45, 7) is 12.5. The molecule has 1 N–H and O–H groups in total. The number of nitrogens with one attached hydrogen (secondary N) is 1. The molecule has 0 aromatic carbocycles. The molecule has 1 fully saturated rings. The first-order valence-corrected chi connectivity index (χ1v) is 6.58. The Labute approximate surface area is 95.4 Å². The van der Waals surface area contributed by atoms with E-state index >= 15 is 0 Å². The van der Waals surface area contributed by atoms with Crippen molar-refractivity contribution in [3.8, 4) is 0 Å². The van der Waals surface area contributed by atoms with Gasteiger partial charge in [0.25, 0.3) is 0 Å². The molecule has 2 nitrogen and oxygen atoms in total. The van der Waals surface area contributed by atoms with E-state index in [1.807, 2.05) is 0 Å². The van der Waals surface area contributed by atoms with Crippen molar-refractivity contribution in [3.63, 3.8) is 0 Å². The largest absolute Gasteiger partial charge is 0.311 e. The fourth-order valence-corrected chi connectivity index (χ4v) is 2.81. The summed E-state index contributed by atoms with van der Waals surface area (Å²) in [4.78, 5) is 2.66. The lowest BCUT2D eigenvalue weighted by Gasteiger charge is -2.36. The van der Waals surface area contributed by atoms with E-state index in [9.17, 15) is 0 Å². The molecule has 0 unspecified atom stereocenters. The van der Waals surface area contributed by atoms with E-state index in [0.29, 0.717) is 0 Å². The summed E-state index contributed by atoms with van der Waals surface area (Å²) in [5.41, 5.74) is 0.257. The molecule has 0 amide bonds. The molecular weight excluding hydrogens is 184 g/mol. The van der Waals surface area contributed by atoms with Crippen molar-refractivity contribution in [2.75, 3.05) is 19.6 Å². The Bertz CT molecular complexity index is 171. The van der Waals surface area contributed by atoms with Crippen molar-refractivity contribution in [3.05, 3.63) is 0 Å². The topological polar surface area (TPSA) is 15.3 Å². The van der Waals surface area contributed by atoms with Crippen molar-refractivity contribution in [1.29, 1.82) is 0 Å². The van der Waals surface area contributed by atoms with E-state index in [1.54, 1.807) is 0 Å². The van der Waals surface area contributed by atoms with Crippen molar-refractivity contribution >= 4 is 0 Å². The van der Waals surface area contributed by atoms with Gasteiger partial charge in [-0.25, -0.2) is 0 Å². The van der Waals surface area contributed by atoms with Crippen LogP contribution in [-0.4, -0.2) is 36.1 Å². The molecule has 90 valence electrons. The van der Waals surface area contributed by atoms with Gasteiger partial charge in [-0.3, -0.25) is 4.90 Å². The summed E-state index contributed by atoms with van der Waals surface area (Å²) in [6, 6.07) is 0.855. The van der Waals surface area contributed by atoms with Gasteiger partial charge in [0.05, 0.1) is 0 Å². The first kappa shape index (κ1) is 13.0. The van der Waals surface area contributed by atoms with E-state index in [0.717, 1.165) is 12.6 Å². The summed E-state index contributed by atoms with van der Waals surface area (Å²) >= 11 is 0. The van der Waals surface area contributed by atoms with Gasteiger partial charge in [-0.15, -0.1) is 0 Å². The van der Waals surface area contributed by atoms with Crippen LogP contribution in [0.4, 0.5) is 0 Å². The molecule has 2 heteroatoms. The van der Waals surface area contributed by atoms with Crippen LogP contribution in [0.25, 0.3) is 0 Å². The number of rotatable bonds is 6. The van der Waals surface area contributed by atoms with Crippen LogP contribution in [0.1, 0.15) is 53.4 Å². The average Bonchev–Trinajstić information content (AvgIpc) is 2.67. The molecule has 0 heterocycles. The minimum Gasteiger partial charge on any atom is -0.311 e. The lowest BCUT2D eigenvalue weighted by Crippen LogP contribution is -2.51. The van der Waals surface area contributed by atoms with Crippen LogP contribution >= 0.6 is 0 Å². The van der Waals surface area contributed by atoms with Gasteiger partial charge >= 0.3 is 0 Å². The third-order valence-electron chi connectivity index (χ3n) is 3.50. The maximum Gasteiger partial charge on any atom is 0.0252 e. The Morgan fingerprint density at radius 3 is 2.27 bits per heavy atom. The lowest BCUT2D eigenvalue weighted by atomic mass is 10.0. The molecule has 0 radical (unpaired) electrons. The Kier molecular flexibility index (Phi) is 5.07. The molecule has 0 saturated heterocycles. The summed E-state index contributed by atoms with van der Waals surface area (Å²) in [5.74, 6) is 0. The molecular formula is C13H28N2. The first-order chi connectivity index (χ1) is 7.09. The van der Waals surface area contributed by atoms with Crippen LogP contribution in [0.15, 0.2) is 0 Å². The zero-order chi connectivity index (χ0) is 11.3. The Hall–Kier alpha value is -0.0800. The summed E-state index contributed by atoms with van der Waals surface area (Å²) in [5, 5.41) is 3.57. The van der Waals surface area contributed by atoms with Crippen LogP contribution in [0, 0.1) is 0 Å². The monoisotopic (exact) mass is 212 g/mol. The van der Waals surface area contributed by atoms with Crippen LogP contribution in [-0.2, 0) is 0 Å². The zero-order valence-corrected chi connectivity index (χ0v) is 11.0. The highest BCUT2D eigenvalue weighted by Gasteiger charge is 2.26. The van der Waals surface area contributed by atoms with Crippen LogP contribution in [0.3, 0.4) is 0 Å². The van der Waals surface area contributed by atoms with Crippen molar-refractivity contribution in [2.24, 2.45) is 0 Å². The molecule has 0 bridgehead atoms. The van der Waals surface area contributed by atoms with Crippen LogP contribution in [0.5, 0.6) is 0 Å². The SMILES string of the molecule is CCNC(C)(C)CN(CC)C1CCCC1. The van der Waals surface area contributed by atoms with E-state index in [4.69, 9.17) is 0 Å². The van der Waals surface area contributed by atoms with E-state index in [1.165, 1.54) is 38.8 Å². The van der Waals surface area contributed by atoms with Gasteiger partial charge in [-0.1, -0.05) is 26.7 Å². The maximum absolute atomic E-state index is 3.57. The minimum atomic E-state index is 0.257. The average molecular weight is 212 g/mol. The fraction of sp³-hybridized carbons (Fsp3) is 1.00. The smallest absolute Gasteiger partial charge is 0.0252 e. The minimum absolute atomic E-state index is 0.257. The number of hydrogen-bond donors (Lipinski definition) is 1. The molecule has 0 aliphatic heterocycles. The normalized spacial score (nSPS) is 19.0. The zero-order valence-electron chi connectivity index (χ0n) is 11.0. The number of likely N-dealkylation sites (N-methyl/N-ethyl adjacent to an activating group) is 2. The Balaban J connectivity index is 2.44. The predicted octanol–water partition coefficient (Wildman–Crippen LogP) is 2.64. The van der Waals surface area contributed by atoms with Crippen molar-refractivity contribution in [1.82, 2.24) is 10.2 Å². The van der Waals surface area contributed by atoms with Gasteiger partial charge in [0, 0.05) is 18.1 Å². The first-order valence-electron chi connectivity index (χ1n) is 6.58. The van der Waals surface area contributed by atoms with Gasteiger partial charge in [0.15, 0.2) is 0 Å². The molecule has 1 aliphatic rings. The standard InChI is InChI=1S/C13H28N2/c1-5-14-13(3,4)11-15(6-2)12-9-7-8-10-12/h12,14H,5-11H2,1-4H3. The Morgan fingerprint density at radius 2 is 1.80 bits per heavy atom. The molecule has 0 atom stereocenters. The van der Waals surface area contributed by atoms with Gasteiger partial charge in [-0.2, -0.15) is 0 Å². The van der Waals surface area contributed by atoms with E-state index in [2.05, 4.69) is 37.9 Å². The summed E-state index contributed by atoms with van der Waals surface area (Å²) in [6.07, 6.45) is 5.69. The van der Waals surface area contributed by atoms with E-state index in [-0.39, 0.29) is 5.54 Å². The summed E-state index contributed by atoms with van der Waals surface area (Å²) in [7, 11) is 0. The number of hydrogen-bond acceptors (Lipinski definition) is 2. The highest BCUT2D eigenvalue weighted by molar-refractivity contribution is 4.85. The quantitative estimate of drug-likeness (QED) is 0.728. The lowest BCUT2D eigenvalue weighted by molar-refractivity contribution is 0.157. The van der Waals surface area contributed by atoms with Gasteiger partial charge in [0.2, 0.25) is 0 Å². The third-order valence-corrected chi connectivity index (χ3v) is 3.50. The van der Waals surface area contributed by atoms with Crippen molar-refractivity contribution in [2.45, 2.75) is 65.0 Å². The van der Waals surface area contributed by atoms with Gasteiger partial charge in [-0.05, 0) is 39.8 Å². The van der Waals surface area contributed by atoms with Crippen molar-refractivity contribution < 1.29 is 0 Å². The molecule has 15 heavy (non-hydrogen) atoms. The molecule has 1 rings (SSSR count). The second kappa shape index (κ2) is 5.86. The van der Waals surface area contributed by atoms with Gasteiger partial charge in [0.1, 0.15) is 0 Å². The fourth-order valence-electron chi connectivity index (χ4n) is 2.81. The second-order valence-corrected chi connectivity index (χ2v) is 5.42.